The van der Waals surface area contributed by atoms with Crippen LogP contribution in [0, 0.1) is 5.82 Å². The Morgan fingerprint density at radius 2 is 2.23 bits per heavy atom. The average molecular weight is 341 g/mol. The van der Waals surface area contributed by atoms with E-state index in [2.05, 4.69) is 9.71 Å². The van der Waals surface area contributed by atoms with Crippen LogP contribution in [0.15, 0.2) is 34.9 Å². The molecule has 1 N–H and O–H groups in total. The molecule has 0 bridgehead atoms. The van der Waals surface area contributed by atoms with Crippen LogP contribution in [-0.2, 0) is 10.0 Å². The van der Waals surface area contributed by atoms with Gasteiger partial charge in [-0.25, -0.2) is 9.37 Å². The summed E-state index contributed by atoms with van der Waals surface area (Å²) >= 11 is 1.29. The van der Waals surface area contributed by atoms with Crippen molar-refractivity contribution < 1.29 is 22.3 Å². The van der Waals surface area contributed by atoms with Crippen LogP contribution in [-0.4, -0.2) is 24.6 Å². The van der Waals surface area contributed by atoms with Crippen LogP contribution in [0.4, 0.5) is 10.1 Å². The summed E-state index contributed by atoms with van der Waals surface area (Å²) < 4.78 is 52.9. The minimum absolute atomic E-state index is 0.0367. The lowest BCUT2D eigenvalue weighted by molar-refractivity contribution is 0.174. The smallest absolute Gasteiger partial charge is 0.279 e. The molecule has 22 heavy (non-hydrogen) atoms. The van der Waals surface area contributed by atoms with Gasteiger partial charge in [0.2, 0.25) is 6.79 Å². The Morgan fingerprint density at radius 3 is 3.09 bits per heavy atom. The van der Waals surface area contributed by atoms with Crippen molar-refractivity contribution in [3.8, 4) is 11.5 Å². The van der Waals surface area contributed by atoms with Gasteiger partial charge in [0, 0.05) is 11.6 Å². The van der Waals surface area contributed by atoms with E-state index >= 15 is 0 Å². The van der Waals surface area contributed by atoms with E-state index in [-0.39, 0.29) is 29.0 Å². The lowest BCUT2D eigenvalue weighted by Gasteiger charge is -2.10. The predicted octanol–water partition coefficient (Wildman–Crippen LogP) is 2.06. The molecule has 7 nitrogen and oxygen atoms in total. The number of sulfonamides is 1. The summed E-state index contributed by atoms with van der Waals surface area (Å²) in [5.41, 5.74) is -0.278. The molecule has 2 aromatic heterocycles. The van der Waals surface area contributed by atoms with Gasteiger partial charge in [-0.2, -0.15) is 8.42 Å². The van der Waals surface area contributed by atoms with Crippen molar-refractivity contribution in [2.24, 2.45) is 0 Å². The number of rotatable bonds is 3. The second-order valence-electron chi connectivity index (χ2n) is 4.41. The first kappa shape index (κ1) is 13.3. The van der Waals surface area contributed by atoms with Crippen LogP contribution < -0.4 is 14.2 Å². The van der Waals surface area contributed by atoms with Crippen molar-refractivity contribution >= 4 is 32.0 Å². The molecule has 0 aliphatic carbocycles. The molecule has 0 spiro atoms. The normalized spacial score (nSPS) is 13.7. The van der Waals surface area contributed by atoms with Crippen molar-refractivity contribution in [3.63, 3.8) is 0 Å². The Hall–Kier alpha value is -2.33. The minimum Gasteiger partial charge on any atom is -0.454 e. The molecule has 3 heterocycles. The summed E-state index contributed by atoms with van der Waals surface area (Å²) in [6.45, 7) is -0.0883. The molecule has 3 aromatic rings. The molecule has 114 valence electrons. The van der Waals surface area contributed by atoms with Gasteiger partial charge in [0.1, 0.15) is 5.69 Å². The number of anilines is 1. The summed E-state index contributed by atoms with van der Waals surface area (Å²) in [6.07, 6.45) is 2.79. The fourth-order valence-corrected chi connectivity index (χ4v) is 4.04. The Kier molecular flexibility index (Phi) is 2.78. The molecule has 4 rings (SSSR count). The maximum Gasteiger partial charge on any atom is 0.279 e. The van der Waals surface area contributed by atoms with E-state index in [1.54, 1.807) is 11.6 Å². The number of thiazole rings is 1. The zero-order chi connectivity index (χ0) is 15.3. The predicted molar refractivity (Wildman–Crippen MR) is 76.4 cm³/mol. The molecule has 0 saturated carbocycles. The topological polar surface area (TPSA) is 81.9 Å². The van der Waals surface area contributed by atoms with Crippen LogP contribution >= 0.6 is 11.3 Å². The quantitative estimate of drug-likeness (QED) is 0.789. The molecule has 1 aliphatic heterocycles. The van der Waals surface area contributed by atoms with Gasteiger partial charge in [-0.3, -0.25) is 9.12 Å². The van der Waals surface area contributed by atoms with Crippen molar-refractivity contribution in [3.05, 3.63) is 35.7 Å². The summed E-state index contributed by atoms with van der Waals surface area (Å²) in [4.78, 5) is 4.52. The van der Waals surface area contributed by atoms with Gasteiger partial charge in [-0.05, 0) is 12.1 Å². The summed E-state index contributed by atoms with van der Waals surface area (Å²) in [5, 5.41) is 1.62. The Morgan fingerprint density at radius 1 is 1.36 bits per heavy atom. The van der Waals surface area contributed by atoms with E-state index in [0.717, 1.165) is 6.07 Å². The van der Waals surface area contributed by atoms with Gasteiger partial charge in [0.25, 0.3) is 10.0 Å². The van der Waals surface area contributed by atoms with Crippen LogP contribution in [0.2, 0.25) is 0 Å². The molecule has 10 heteroatoms. The second-order valence-corrected chi connectivity index (χ2v) is 6.92. The molecule has 0 amide bonds. The monoisotopic (exact) mass is 341 g/mol. The van der Waals surface area contributed by atoms with Crippen LogP contribution in [0.1, 0.15) is 0 Å². The van der Waals surface area contributed by atoms with Crippen LogP contribution in [0.3, 0.4) is 0 Å². The first-order chi connectivity index (χ1) is 10.6. The van der Waals surface area contributed by atoms with Crippen molar-refractivity contribution in [1.29, 1.82) is 0 Å². The first-order valence-electron chi connectivity index (χ1n) is 6.08. The molecular weight excluding hydrogens is 333 g/mol. The van der Waals surface area contributed by atoms with E-state index in [1.807, 2.05) is 0 Å². The van der Waals surface area contributed by atoms with Gasteiger partial charge >= 0.3 is 0 Å². The Labute approximate surface area is 128 Å². The molecule has 0 fully saturated rings. The Bertz CT molecular complexity index is 980. The highest BCUT2D eigenvalue weighted by Crippen LogP contribution is 2.41. The number of hydrogen-bond acceptors (Lipinski definition) is 6. The van der Waals surface area contributed by atoms with Crippen LogP contribution in [0.5, 0.6) is 11.5 Å². The fourth-order valence-electron chi connectivity index (χ4n) is 2.13. The molecule has 0 saturated heterocycles. The van der Waals surface area contributed by atoms with Crippen molar-refractivity contribution in [1.82, 2.24) is 9.38 Å². The third-order valence-corrected chi connectivity index (χ3v) is 5.21. The number of hydrogen-bond donors (Lipinski definition) is 1. The highest BCUT2D eigenvalue weighted by Gasteiger charge is 2.27. The van der Waals surface area contributed by atoms with E-state index in [4.69, 9.17) is 9.47 Å². The number of aromatic nitrogens is 2. The zero-order valence-electron chi connectivity index (χ0n) is 10.8. The van der Waals surface area contributed by atoms with Gasteiger partial charge in [-0.15, -0.1) is 11.3 Å². The zero-order valence-corrected chi connectivity index (χ0v) is 12.4. The van der Waals surface area contributed by atoms with Gasteiger partial charge in [0.05, 0.1) is 6.20 Å². The second kappa shape index (κ2) is 4.58. The largest absolute Gasteiger partial charge is 0.454 e. The standard InChI is InChI=1S/C12H8FN3O4S2/c13-7-1-2-8-11(20-6-19-8)10(7)15-22(17,18)9-5-14-12-16(9)3-4-21-12/h1-5,15H,6H2. The average Bonchev–Trinajstić information content (AvgIpc) is 3.15. The lowest BCUT2D eigenvalue weighted by atomic mass is 10.2. The van der Waals surface area contributed by atoms with Gasteiger partial charge in [0.15, 0.2) is 27.3 Å². The highest BCUT2D eigenvalue weighted by atomic mass is 32.2. The van der Waals surface area contributed by atoms with Crippen molar-refractivity contribution in [2.75, 3.05) is 11.5 Å². The highest BCUT2D eigenvalue weighted by molar-refractivity contribution is 7.92. The lowest BCUT2D eigenvalue weighted by Crippen LogP contribution is -2.16. The number of benzene rings is 1. The summed E-state index contributed by atoms with van der Waals surface area (Å²) in [5.74, 6) is -0.429. The number of nitrogens with one attached hydrogen (secondary N) is 1. The van der Waals surface area contributed by atoms with Gasteiger partial charge in [-0.1, -0.05) is 0 Å². The van der Waals surface area contributed by atoms with E-state index in [0.29, 0.717) is 4.96 Å². The van der Waals surface area contributed by atoms with Crippen LogP contribution in [0.25, 0.3) is 4.96 Å². The number of fused-ring (bicyclic) bond motifs is 2. The molecule has 0 unspecified atom stereocenters. The maximum atomic E-state index is 14.0. The SMILES string of the molecule is O=S(=O)(Nc1c(F)ccc2c1OCO2)c1cnc2sccn12. The number of halogens is 1. The number of nitrogens with zero attached hydrogens (tertiary/aromatic N) is 2. The fraction of sp³-hybridized carbons (Fsp3) is 0.0833. The summed E-state index contributed by atoms with van der Waals surface area (Å²) in [6, 6.07) is 2.49. The molecule has 0 radical (unpaired) electrons. The van der Waals surface area contributed by atoms with Gasteiger partial charge < -0.3 is 9.47 Å². The number of imidazole rings is 1. The summed E-state index contributed by atoms with van der Waals surface area (Å²) in [7, 11) is -4.03. The molecule has 1 aliphatic rings. The van der Waals surface area contributed by atoms with E-state index < -0.39 is 15.8 Å². The minimum atomic E-state index is -4.03. The first-order valence-corrected chi connectivity index (χ1v) is 8.44. The molecule has 0 atom stereocenters. The third-order valence-electron chi connectivity index (χ3n) is 3.11. The third kappa shape index (κ3) is 1.91. The Balaban J connectivity index is 1.81. The van der Waals surface area contributed by atoms with E-state index in [1.165, 1.54) is 28.0 Å². The van der Waals surface area contributed by atoms with E-state index in [9.17, 15) is 12.8 Å². The molecule has 1 aromatic carbocycles. The molecular formula is C12H8FN3O4S2. The maximum absolute atomic E-state index is 14.0. The van der Waals surface area contributed by atoms with Crippen molar-refractivity contribution in [2.45, 2.75) is 5.03 Å². The number of ether oxygens (including phenoxy) is 2.